The van der Waals surface area contributed by atoms with Gasteiger partial charge in [-0.1, -0.05) is 0 Å². The summed E-state index contributed by atoms with van der Waals surface area (Å²) < 4.78 is 6.04. The number of nitrogens with one attached hydrogen (secondary N) is 1. The normalized spacial score (nSPS) is 12.0. The van der Waals surface area contributed by atoms with Crippen molar-refractivity contribution in [2.24, 2.45) is 0 Å². The maximum atomic E-state index is 9.09. The van der Waals surface area contributed by atoms with Crippen molar-refractivity contribution in [3.05, 3.63) is 18.2 Å². The Bertz CT molecular complexity index is 51.5. The van der Waals surface area contributed by atoms with Gasteiger partial charge in [0.2, 0.25) is 0 Å². The molecule has 0 rings (SSSR count). The molecule has 0 radical (unpaired) electrons. The van der Waals surface area contributed by atoms with Gasteiger partial charge in [-0.25, -0.2) is 0 Å². The first-order chi connectivity index (χ1) is 2.27. The zero-order valence-electron chi connectivity index (χ0n) is 3.69. The van der Waals surface area contributed by atoms with E-state index in [-0.39, 0.29) is 6.26 Å². The van der Waals surface area contributed by atoms with Crippen LogP contribution in [0, 0.1) is 0 Å². The van der Waals surface area contributed by atoms with Gasteiger partial charge in [-0.05, 0) is 0 Å². The zero-order valence-corrected chi connectivity index (χ0v) is 9.27. The second-order valence-electron chi connectivity index (χ2n) is 0.262. The maximum absolute atomic E-state index is 9.09. The van der Waals surface area contributed by atoms with Gasteiger partial charge in [0.15, 0.2) is 0 Å². The van der Waals surface area contributed by atoms with Gasteiger partial charge in [0, 0.05) is 1.37 Å². The Morgan fingerprint density at radius 2 is 2.20 bits per heavy atom. The summed E-state index contributed by atoms with van der Waals surface area (Å²) in [6.07, 6.45) is -0.509. The van der Waals surface area contributed by atoms with Crippen molar-refractivity contribution in [2.75, 3.05) is 0 Å². The van der Waals surface area contributed by atoms with Gasteiger partial charge in [0.1, 0.15) is 0 Å². The Morgan fingerprint density at radius 3 is 2.20 bits per heavy atom. The molecule has 0 aliphatic rings. The average molecular weight is 337 g/mol. The average Bonchev–Trinajstić information content (AvgIpc) is 1.38. The van der Waals surface area contributed by atoms with Crippen molar-refractivity contribution in [3.8, 4) is 0 Å². The van der Waals surface area contributed by atoms with E-state index in [1.165, 1.54) is 0 Å². The van der Waals surface area contributed by atoms with Gasteiger partial charge in [-0.2, -0.15) is 12.4 Å². The van der Waals surface area contributed by atoms with Gasteiger partial charge in [0.05, 0.1) is 0 Å². The quantitative estimate of drug-likeness (QED) is 0.568. The van der Waals surface area contributed by atoms with E-state index in [0.29, 0.717) is 0 Å². The van der Waals surface area contributed by atoms with E-state index in [1.807, 2.05) is 0 Å². The van der Waals surface area contributed by atoms with E-state index in [0.717, 1.165) is 0 Å². The molecule has 0 heterocycles. The van der Waals surface area contributed by atoms with Gasteiger partial charge in [-0.3, -0.25) is 0 Å². The summed E-state index contributed by atoms with van der Waals surface area (Å²) in [6, 6.07) is 0. The van der Waals surface area contributed by atoms with Gasteiger partial charge < -0.3 is 10.8 Å². The Morgan fingerprint density at radius 1 is 2.00 bits per heavy atom. The first-order valence-corrected chi connectivity index (χ1v) is 0.774. The zero-order chi connectivity index (χ0) is 4.28. The van der Waals surface area contributed by atoms with Crippen molar-refractivity contribution >= 4 is 0 Å². The minimum absolute atomic E-state index is 0. The maximum Gasteiger partial charge on any atom is 0.0347 e. The number of rotatable bonds is 0. The molecule has 0 atom stereocenters. The number of hydrogen-bond acceptors (Lipinski definition) is 1. The Hall–Kier alpha value is -1.66. The van der Waals surface area contributed by atoms with Crippen molar-refractivity contribution in [3.63, 3.8) is 0 Å². The van der Waals surface area contributed by atoms with Crippen LogP contribution in [0.2, 0.25) is 0 Å². The first-order valence-electron chi connectivity index (χ1n) is 1.27. The van der Waals surface area contributed by atoms with E-state index >= 15 is 0 Å². The Labute approximate surface area is 26.0 Å². The topological polar surface area (TPSA) is 46.9 Å². The molecule has 2 nitrogen and oxygen atoms in total. The van der Waals surface area contributed by atoms with E-state index in [2.05, 4.69) is 0 Å². The fraction of sp³-hybridized carbons (Fsp3) is 0. The van der Waals surface area contributed by atoms with Crippen LogP contribution in [0.4, 0.5) is 0 Å². The molecule has 0 fully saturated rings. The molecule has 0 amide bonds. The molecule has 26 valence electrons. The predicted molar refractivity (Wildman–Crippen MR) is 13.5 cm³/mol. The molecule has 0 aromatic carbocycles. The standard InChI is InChI=1S/C2H4NO.Mt/c3-1-2-4;/h1-4H;/q-1;/p-1/b2-1-;/i1T;. The molecule has 5 heavy (non-hydrogen) atoms. The van der Waals surface area contributed by atoms with Crippen LogP contribution in [0.15, 0.2) is 12.4 Å². The fourth-order valence-electron chi connectivity index (χ4n) is 0. The largest absolute Gasteiger partial charge is 0.879 e. The van der Waals surface area contributed by atoms with E-state index < -0.39 is 6.18 Å². The molecule has 0 saturated heterocycles. The third-order valence-electron chi connectivity index (χ3n) is 0.0589. The van der Waals surface area contributed by atoms with Gasteiger partial charge in [0.25, 0.3) is 0 Å². The second-order valence-corrected chi connectivity index (χ2v) is 0.262. The summed E-state index contributed by atoms with van der Waals surface area (Å²) in [6.45, 7) is 0. The molecule has 0 unspecified atom stereocenters. The van der Waals surface area contributed by atoms with Crippen LogP contribution in [0.5, 0.6) is 0 Å². The van der Waals surface area contributed by atoms with Crippen LogP contribution < -0.4 is 5.11 Å². The Balaban J connectivity index is 0. The van der Waals surface area contributed by atoms with Crippen LogP contribution in [0.3, 0.4) is 0 Å². The Kier molecular flexibility index (Phi) is 24.3. The fourth-order valence-corrected chi connectivity index (χ4v) is 0. The first kappa shape index (κ1) is 3.34. The smallest absolute Gasteiger partial charge is 0.0347 e. The summed E-state index contributed by atoms with van der Waals surface area (Å²) in [5, 5.41) is 9.09. The minimum atomic E-state index is -0.676. The van der Waals surface area contributed by atoms with Gasteiger partial charge in [-0.15, -0.1) is 0 Å². The summed E-state index contributed by atoms with van der Waals surface area (Å²) in [5.74, 6) is 0. The van der Waals surface area contributed by atoms with Crippen molar-refractivity contribution < 1.29 is 6.48 Å². The van der Waals surface area contributed by atoms with Crippen LogP contribution in [0.25, 0.3) is 5.73 Å². The predicted octanol–water partition coefficient (Wildman–Crippen LogP) is -0.130. The molecule has 0 spiro atoms. The van der Waals surface area contributed by atoms with E-state index in [4.69, 9.17) is 12.2 Å². The molecule has 0 bridgehead atoms. The molecule has 0 saturated carbocycles. The second kappa shape index (κ2) is 36.3. The summed E-state index contributed by atoms with van der Waals surface area (Å²) in [4.78, 5) is 0. The van der Waals surface area contributed by atoms with Crippen LogP contribution in [-0.2, 0) is 0 Å². The SMILES string of the molecule is [3H]/C([NH-])=C/[O-].[Mt]. The molecular formula is C2H3MtNO-2. The summed E-state index contributed by atoms with van der Waals surface area (Å²) >= 11 is 0. The molecule has 0 aromatic rings. The van der Waals surface area contributed by atoms with E-state index in [1.54, 1.807) is 0 Å². The summed E-state index contributed by atoms with van der Waals surface area (Å²) in [5.41, 5.74) is 6.04. The van der Waals surface area contributed by atoms with Crippen molar-refractivity contribution in [1.29, 1.82) is 0 Å². The van der Waals surface area contributed by atoms with Crippen molar-refractivity contribution in [1.82, 2.24) is 0 Å². The molecular weight excluding hydrogens is 332 g/mol. The van der Waals surface area contributed by atoms with Crippen LogP contribution in [0.1, 0.15) is 1.37 Å². The molecule has 0 aliphatic carbocycles. The molecule has 3 heteroatoms. The minimum Gasteiger partial charge on any atom is -0.879 e. The van der Waals surface area contributed by atoms with Crippen molar-refractivity contribution in [2.45, 2.75) is 0 Å². The third kappa shape index (κ3) is 0.621. The molecule has 0 aliphatic heterocycles. The molecule has 1 N–H and O–H groups in total. The monoisotopic (exact) mass is 337 g/mol. The third-order valence-corrected chi connectivity index (χ3v) is 0.0589. The van der Waals surface area contributed by atoms with Crippen LogP contribution >= 0.6 is 0 Å². The van der Waals surface area contributed by atoms with Crippen LogP contribution in [-0.4, -0.2) is 0 Å². The number of hydrogen-bond donors (Lipinski definition) is 0. The molecule has 0 aromatic heterocycles. The summed E-state index contributed by atoms with van der Waals surface area (Å²) in [7, 11) is 0. The van der Waals surface area contributed by atoms with Gasteiger partial charge >= 0.3 is 0 Å². The van der Waals surface area contributed by atoms with E-state index in [9.17, 15) is 0 Å².